The zero-order chi connectivity index (χ0) is 73.1. The number of allylic oxidation sites excluding steroid dienone is 6. The van der Waals surface area contributed by atoms with E-state index in [-0.39, 0.29) is 62.3 Å². The molecule has 12 aliphatic rings. The predicted octanol–water partition coefficient (Wildman–Crippen LogP) is 17.5. The largest absolute Gasteiger partial charge is 0.481 e. The van der Waals surface area contributed by atoms with Crippen molar-refractivity contribution >= 4 is 31.4 Å². The smallest absolute Gasteiger partial charge is 0.303 e. The number of carboxylic acid groups (broad SMARTS) is 1. The van der Waals surface area contributed by atoms with Crippen molar-refractivity contribution in [2.75, 3.05) is 81.9 Å². The second-order valence-electron chi connectivity index (χ2n) is 40.8. The molecule has 0 amide bonds. The van der Waals surface area contributed by atoms with Crippen LogP contribution in [0.3, 0.4) is 0 Å². The van der Waals surface area contributed by atoms with E-state index >= 15 is 0 Å². The molecular weight excluding hydrogens is 1280 g/mol. The molecule has 0 aromatic carbocycles. The van der Waals surface area contributed by atoms with E-state index in [0.717, 1.165) is 58.3 Å². The van der Waals surface area contributed by atoms with Crippen LogP contribution in [0.25, 0.3) is 4.85 Å². The van der Waals surface area contributed by atoms with Crippen molar-refractivity contribution in [2.24, 2.45) is 113 Å². The fourth-order valence-corrected chi connectivity index (χ4v) is 30.7. The number of carbonyl (C=O) groups is 2. The van der Waals surface area contributed by atoms with E-state index in [1.54, 1.807) is 11.1 Å². The van der Waals surface area contributed by atoms with E-state index in [0.29, 0.717) is 136 Å². The molecule has 12 nitrogen and oxygen atoms in total. The molecule has 0 aromatic rings. The van der Waals surface area contributed by atoms with Crippen LogP contribution in [0.1, 0.15) is 265 Å². The Hall–Kier alpha value is -2.67. The lowest BCUT2D eigenvalue weighted by Gasteiger charge is -2.72. The van der Waals surface area contributed by atoms with Crippen LogP contribution in [0.15, 0.2) is 47.6 Å². The standard InChI is InChI=1S/C44H71N3O3S.C42H70N2O4S/c1-31(2)34-15-20-44(46-23-24-47-25-27-51(49,50)28-26-47)22-21-42(8)35(38(34)44)11-12-37-41(7)18-14-32(13-17-39(3,4)29-33(48)30-45-10)40(5,6)36(41)16-19-43(37,42)9;1-29(2)31-14-19-42(43-22-23-44-24-26-49(47,48)27-25-44)21-20-40(8)32(36(31)42)10-11-34-39(7)17-13-30(12-16-37(3,4)28-35(45)46)38(5,6)33(39)15-18-41(34,40)9/h14,34-38,46H,1,11-13,15-30H2,2-9H3;13,31-34,36,43H,1,10-12,14-28H2,2-9H3,(H,45,46)/t34-,35+,36-,37+,38+,41-,42+,43+,44-;31-,32+,33-,34+,36+,39-,40+,41+,42-/m00/s1. The van der Waals surface area contributed by atoms with E-state index in [4.69, 9.17) is 6.57 Å². The molecule has 8 saturated carbocycles. The summed E-state index contributed by atoms with van der Waals surface area (Å²) in [4.78, 5) is 31.9. The first kappa shape index (κ1) is 78.4. The number of nitrogens with zero attached hydrogens (tertiary/aromatic N) is 3. The van der Waals surface area contributed by atoms with E-state index in [2.05, 4.69) is 161 Å². The third kappa shape index (κ3) is 14.0. The summed E-state index contributed by atoms with van der Waals surface area (Å²) < 4.78 is 48.1. The molecular formula is C86H141N5O7S2. The van der Waals surface area contributed by atoms with Gasteiger partial charge >= 0.3 is 5.97 Å². The van der Waals surface area contributed by atoms with Gasteiger partial charge in [0.1, 0.15) is 0 Å². The third-order valence-corrected chi connectivity index (χ3v) is 37.2. The van der Waals surface area contributed by atoms with E-state index in [1.807, 2.05) is 0 Å². The highest BCUT2D eigenvalue weighted by atomic mass is 32.2. The van der Waals surface area contributed by atoms with Crippen LogP contribution in [0.2, 0.25) is 0 Å². The summed E-state index contributed by atoms with van der Waals surface area (Å²) in [7, 11) is -5.71. The lowest BCUT2D eigenvalue weighted by atomic mass is 9.33. The molecule has 2 saturated heterocycles. The van der Waals surface area contributed by atoms with Gasteiger partial charge in [0, 0.05) is 69.9 Å². The molecule has 0 radical (unpaired) electrons. The molecule has 0 unspecified atom stereocenters. The first-order valence-corrected chi connectivity index (χ1v) is 44.2. The van der Waals surface area contributed by atoms with Gasteiger partial charge in [-0.25, -0.2) is 23.4 Å². The predicted molar refractivity (Wildman–Crippen MR) is 411 cm³/mol. The zero-order valence-electron chi connectivity index (χ0n) is 66.1. The number of sulfone groups is 2. The summed E-state index contributed by atoms with van der Waals surface area (Å²) in [5.41, 5.74) is 8.05. The molecule has 0 spiro atoms. The van der Waals surface area contributed by atoms with Crippen LogP contribution in [0.4, 0.5) is 0 Å². The van der Waals surface area contributed by atoms with Crippen LogP contribution < -0.4 is 10.6 Å². The highest BCUT2D eigenvalue weighted by molar-refractivity contribution is 7.91. The Morgan fingerprint density at radius 2 is 0.920 bits per heavy atom. The first-order valence-electron chi connectivity index (χ1n) is 40.6. The molecule has 564 valence electrons. The molecule has 14 heteroatoms. The van der Waals surface area contributed by atoms with Crippen molar-refractivity contribution in [2.45, 2.75) is 276 Å². The number of carbonyl (C=O) groups excluding carboxylic acids is 1. The first-order chi connectivity index (χ1) is 46.4. The monoisotopic (exact) mass is 1420 g/mol. The van der Waals surface area contributed by atoms with Gasteiger partial charge in [0.05, 0.1) is 29.4 Å². The van der Waals surface area contributed by atoms with Gasteiger partial charge in [-0.3, -0.25) is 9.59 Å². The topological polar surface area (TPSA) is 158 Å². The lowest BCUT2D eigenvalue weighted by Crippen LogP contribution is -2.68. The Kier molecular flexibility index (Phi) is 21.8. The van der Waals surface area contributed by atoms with Crippen molar-refractivity contribution < 1.29 is 31.5 Å². The van der Waals surface area contributed by atoms with Crippen molar-refractivity contribution in [1.82, 2.24) is 20.4 Å². The highest BCUT2D eigenvalue weighted by Gasteiger charge is 2.73. The number of hydrogen-bond acceptors (Lipinski definition) is 10. The number of Topliss-reactive ketones (excluding diaryl/α,β-unsaturated/α-hetero) is 1. The van der Waals surface area contributed by atoms with Gasteiger partial charge in [0.25, 0.3) is 6.54 Å². The Balaban J connectivity index is 0.000000202. The maximum atomic E-state index is 12.4. The number of fused-ring (bicyclic) bond motifs is 14. The molecule has 0 aromatic heterocycles. The summed E-state index contributed by atoms with van der Waals surface area (Å²) in [6, 6.07) is 0. The fourth-order valence-electron chi connectivity index (χ4n) is 28.2. The quantitative estimate of drug-likeness (QED) is 0.0742. The van der Waals surface area contributed by atoms with Gasteiger partial charge < -0.3 is 30.4 Å². The maximum absolute atomic E-state index is 12.4. The maximum Gasteiger partial charge on any atom is 0.303 e. The number of rotatable bonds is 21. The van der Waals surface area contributed by atoms with E-state index in [9.17, 15) is 31.5 Å². The number of ketones is 1. The molecule has 2 heterocycles. The normalized spacial score (nSPS) is 42.3. The molecule has 3 N–H and O–H groups in total. The van der Waals surface area contributed by atoms with Gasteiger partial charge in [0.2, 0.25) is 5.78 Å². The van der Waals surface area contributed by atoms with Gasteiger partial charge in [-0.05, 0) is 268 Å². The van der Waals surface area contributed by atoms with Crippen molar-refractivity contribution in [3.8, 4) is 0 Å². The summed E-state index contributed by atoms with van der Waals surface area (Å²) in [6.45, 7) is 62.3. The molecule has 18 atom stereocenters. The number of aliphatic carboxylic acids is 1. The minimum Gasteiger partial charge on any atom is -0.481 e. The van der Waals surface area contributed by atoms with Crippen LogP contribution in [0, 0.1) is 120 Å². The second-order valence-corrected chi connectivity index (χ2v) is 45.4. The Morgan fingerprint density at radius 1 is 0.540 bits per heavy atom. The third-order valence-electron chi connectivity index (χ3n) is 34.0. The number of hydrogen-bond donors (Lipinski definition) is 3. The fraction of sp³-hybridized carbons (Fsp3) is 0.872. The van der Waals surface area contributed by atoms with E-state index in [1.165, 1.54) is 120 Å². The molecule has 100 heavy (non-hydrogen) atoms. The van der Waals surface area contributed by atoms with Crippen molar-refractivity contribution in [1.29, 1.82) is 0 Å². The average Bonchev–Trinajstić information content (AvgIpc) is 1.02. The molecule has 2 aliphatic heterocycles. The zero-order valence-corrected chi connectivity index (χ0v) is 67.7. The van der Waals surface area contributed by atoms with Crippen LogP contribution in [-0.4, -0.2) is 136 Å². The second kappa shape index (κ2) is 27.8. The van der Waals surface area contributed by atoms with Gasteiger partial charge in [-0.1, -0.05) is 145 Å². The molecule has 0 bridgehead atoms. The van der Waals surface area contributed by atoms with Gasteiger partial charge in [0.15, 0.2) is 19.7 Å². The lowest BCUT2D eigenvalue weighted by molar-refractivity contribution is -0.221. The SMILES string of the molecule is C=C(C)[C@@H]1CC[C@]2(NCCN3CCS(=O)(=O)CC3)CC[C@]3(C)[C@H](CC[C@@H]4[C@@]5(C)CC=C(CCC(C)(C)CC(=O)O)C(C)(C)[C@@H]5CC[C@]43C)[C@@H]12.[C-]#[N+]CC(=O)CC(C)(C)CCC1=CC[C@]2(C)[C@H]3CC[C@@H]4[C@H]5[C@H](C(=C)C)CC[C@]5(NCCN5CCS(=O)(=O)CC5)CC[C@@]4(C)[C@]3(C)CC[C@H]2C1(C)C. The minimum absolute atomic E-state index is 0.0126. The summed E-state index contributed by atoms with van der Waals surface area (Å²) in [5, 5.41) is 17.9. The van der Waals surface area contributed by atoms with Gasteiger partial charge in [-0.2, -0.15) is 0 Å². The summed E-state index contributed by atoms with van der Waals surface area (Å²) in [5.74, 6) is 7.14. The van der Waals surface area contributed by atoms with Gasteiger partial charge in [-0.15, -0.1) is 0 Å². The molecule has 10 fully saturated rings. The van der Waals surface area contributed by atoms with Crippen molar-refractivity contribution in [3.63, 3.8) is 0 Å². The highest BCUT2D eigenvalue weighted by Crippen LogP contribution is 2.79. The Bertz CT molecular complexity index is 3420. The van der Waals surface area contributed by atoms with Crippen LogP contribution in [0.5, 0.6) is 0 Å². The van der Waals surface area contributed by atoms with Crippen LogP contribution >= 0.6 is 0 Å². The molecule has 12 rings (SSSR count). The van der Waals surface area contributed by atoms with Crippen LogP contribution in [-0.2, 0) is 29.3 Å². The summed E-state index contributed by atoms with van der Waals surface area (Å²) in [6.07, 6.45) is 32.9. The Labute approximate surface area is 610 Å². The van der Waals surface area contributed by atoms with Crippen molar-refractivity contribution in [3.05, 3.63) is 59.0 Å². The minimum atomic E-state index is -2.86. The van der Waals surface area contributed by atoms with E-state index < -0.39 is 25.6 Å². The number of carboxylic acids is 1. The summed E-state index contributed by atoms with van der Waals surface area (Å²) >= 11 is 0. The average molecular weight is 1420 g/mol. The molecule has 10 aliphatic carbocycles. The Morgan fingerprint density at radius 3 is 1.28 bits per heavy atom. The number of nitrogens with one attached hydrogen (secondary N) is 2.